The molecule has 0 aliphatic heterocycles. The lowest BCUT2D eigenvalue weighted by Crippen LogP contribution is -2.51. The first-order chi connectivity index (χ1) is 27.4. The number of hydrogen-bond acceptors (Lipinski definition) is 6. The van der Waals surface area contributed by atoms with Gasteiger partial charge in [-0.2, -0.15) is 0 Å². The Balaban J connectivity index is 4.51. The molecule has 0 radical (unpaired) electrons. The highest BCUT2D eigenvalue weighted by Crippen LogP contribution is 2.43. The maximum Gasteiger partial charge on any atom is 0.472 e. The molecule has 9 nitrogen and oxygen atoms in total. The number of quaternary nitrogens is 1. The van der Waals surface area contributed by atoms with E-state index in [1.54, 1.807) is 0 Å². The van der Waals surface area contributed by atoms with E-state index in [-0.39, 0.29) is 18.9 Å². The van der Waals surface area contributed by atoms with Gasteiger partial charge in [0.1, 0.15) is 19.3 Å². The quantitative estimate of drug-likeness (QED) is 0.0210. The van der Waals surface area contributed by atoms with E-state index in [0.29, 0.717) is 23.9 Å². The molecular formula is C47H88N2O7P+. The summed E-state index contributed by atoms with van der Waals surface area (Å²) in [5, 5.41) is 24.7. The fourth-order valence-corrected chi connectivity index (χ4v) is 6.96. The molecule has 1 amide bonds. The number of allylic oxidation sites excluding steroid dienone is 10. The molecule has 10 heteroatoms. The molecule has 0 aliphatic rings. The van der Waals surface area contributed by atoms with Crippen molar-refractivity contribution >= 4 is 13.7 Å². The Morgan fingerprint density at radius 3 is 1.60 bits per heavy atom. The number of phosphoric acid groups is 1. The van der Waals surface area contributed by atoms with Gasteiger partial charge in [-0.25, -0.2) is 4.57 Å². The molecule has 332 valence electrons. The summed E-state index contributed by atoms with van der Waals surface area (Å²) in [7, 11) is 1.41. The second-order valence-corrected chi connectivity index (χ2v) is 18.0. The predicted molar refractivity (Wildman–Crippen MR) is 241 cm³/mol. The highest BCUT2D eigenvalue weighted by molar-refractivity contribution is 7.47. The minimum absolute atomic E-state index is 0.0146. The molecule has 0 aliphatic carbocycles. The number of unbranched alkanes of at least 4 members (excludes halogenated alkanes) is 16. The third-order valence-electron chi connectivity index (χ3n) is 9.87. The van der Waals surface area contributed by atoms with E-state index < -0.39 is 32.7 Å². The maximum absolute atomic E-state index is 12.9. The van der Waals surface area contributed by atoms with Crippen molar-refractivity contribution in [2.45, 2.75) is 193 Å². The lowest BCUT2D eigenvalue weighted by Gasteiger charge is -2.28. The van der Waals surface area contributed by atoms with Crippen LogP contribution in [0.25, 0.3) is 0 Å². The Labute approximate surface area is 350 Å². The normalized spacial score (nSPS) is 15.4. The van der Waals surface area contributed by atoms with E-state index in [2.05, 4.69) is 79.9 Å². The van der Waals surface area contributed by atoms with Crippen LogP contribution in [0.2, 0.25) is 0 Å². The topological polar surface area (TPSA) is 125 Å². The van der Waals surface area contributed by atoms with Gasteiger partial charge < -0.3 is 24.9 Å². The summed E-state index contributed by atoms with van der Waals surface area (Å²) in [6.45, 7) is 4.45. The molecule has 4 unspecified atom stereocenters. The monoisotopic (exact) mass is 824 g/mol. The summed E-state index contributed by atoms with van der Waals surface area (Å²) in [4.78, 5) is 23.2. The van der Waals surface area contributed by atoms with Crippen LogP contribution < -0.4 is 5.32 Å². The Hall–Kier alpha value is -1.84. The molecule has 0 fully saturated rings. The van der Waals surface area contributed by atoms with Gasteiger partial charge in [0.15, 0.2) is 0 Å². The van der Waals surface area contributed by atoms with E-state index in [9.17, 15) is 24.5 Å². The highest BCUT2D eigenvalue weighted by atomic mass is 31.2. The SMILES string of the molecule is CC/C=C\C/C=C\C/C=C\C/C=C\C/C=C\CCCCCCCC(=O)NC(COP(=O)(O)OCC[N+](C)(C)C)C(O)C(O)CCCCCCCCCCCCCC. The van der Waals surface area contributed by atoms with Crippen LogP contribution in [0, 0.1) is 0 Å². The molecule has 4 atom stereocenters. The first-order valence-electron chi connectivity index (χ1n) is 22.7. The summed E-state index contributed by atoms with van der Waals surface area (Å²) in [5.74, 6) is -0.280. The molecule has 0 saturated carbocycles. The molecule has 0 spiro atoms. The lowest BCUT2D eigenvalue weighted by molar-refractivity contribution is -0.870. The first kappa shape index (κ1) is 55.2. The Bertz CT molecular complexity index is 1130. The molecule has 0 bridgehead atoms. The number of likely N-dealkylation sites (N-methyl/N-ethyl adjacent to an activating group) is 1. The minimum Gasteiger partial charge on any atom is -0.390 e. The summed E-state index contributed by atoms with van der Waals surface area (Å²) in [6.07, 6.45) is 45.6. The molecule has 57 heavy (non-hydrogen) atoms. The molecular weight excluding hydrogens is 735 g/mol. The van der Waals surface area contributed by atoms with Gasteiger partial charge in [0.2, 0.25) is 5.91 Å². The predicted octanol–water partition coefficient (Wildman–Crippen LogP) is 11.6. The third kappa shape index (κ3) is 39.4. The molecule has 0 heterocycles. The molecule has 0 aromatic heterocycles. The number of carbonyl (C=O) groups excluding carboxylic acids is 1. The number of rotatable bonds is 40. The maximum atomic E-state index is 12.9. The lowest BCUT2D eigenvalue weighted by atomic mass is 9.99. The second kappa shape index (κ2) is 38.4. The van der Waals surface area contributed by atoms with Crippen LogP contribution in [-0.4, -0.2) is 84.6 Å². The Morgan fingerprint density at radius 1 is 0.632 bits per heavy atom. The Kier molecular flexibility index (Phi) is 37.1. The third-order valence-corrected chi connectivity index (χ3v) is 10.9. The van der Waals surface area contributed by atoms with Crippen LogP contribution in [0.3, 0.4) is 0 Å². The van der Waals surface area contributed by atoms with Gasteiger partial charge in [-0.05, 0) is 57.8 Å². The van der Waals surface area contributed by atoms with E-state index in [0.717, 1.165) is 83.5 Å². The zero-order valence-electron chi connectivity index (χ0n) is 37.2. The zero-order chi connectivity index (χ0) is 42.3. The van der Waals surface area contributed by atoms with Gasteiger partial charge in [0, 0.05) is 6.42 Å². The van der Waals surface area contributed by atoms with E-state index in [1.165, 1.54) is 57.8 Å². The van der Waals surface area contributed by atoms with E-state index in [4.69, 9.17) is 9.05 Å². The van der Waals surface area contributed by atoms with Gasteiger partial charge in [0.05, 0.1) is 39.9 Å². The van der Waals surface area contributed by atoms with E-state index in [1.807, 2.05) is 21.1 Å². The smallest absolute Gasteiger partial charge is 0.390 e. The van der Waals surface area contributed by atoms with Crippen molar-refractivity contribution in [3.05, 3.63) is 60.8 Å². The summed E-state index contributed by atoms with van der Waals surface area (Å²) < 4.78 is 23.5. The minimum atomic E-state index is -4.42. The first-order valence-corrected chi connectivity index (χ1v) is 24.2. The van der Waals surface area contributed by atoms with Crippen molar-refractivity contribution in [1.29, 1.82) is 0 Å². The summed E-state index contributed by atoms with van der Waals surface area (Å²) in [5.41, 5.74) is 0. The fourth-order valence-electron chi connectivity index (χ4n) is 6.23. The van der Waals surface area contributed by atoms with Gasteiger partial charge in [-0.15, -0.1) is 0 Å². The highest BCUT2D eigenvalue weighted by Gasteiger charge is 2.31. The number of phosphoric ester groups is 1. The fraction of sp³-hybridized carbons (Fsp3) is 0.766. The van der Waals surface area contributed by atoms with Crippen LogP contribution >= 0.6 is 7.82 Å². The van der Waals surface area contributed by atoms with Gasteiger partial charge in [0.25, 0.3) is 0 Å². The molecule has 4 N–H and O–H groups in total. The van der Waals surface area contributed by atoms with Gasteiger partial charge in [-0.3, -0.25) is 13.8 Å². The van der Waals surface area contributed by atoms with Gasteiger partial charge in [-0.1, -0.05) is 171 Å². The zero-order valence-corrected chi connectivity index (χ0v) is 38.1. The average molecular weight is 824 g/mol. The summed E-state index contributed by atoms with van der Waals surface area (Å²) in [6, 6.07) is -1.05. The molecule has 0 saturated heterocycles. The van der Waals surface area contributed by atoms with Crippen molar-refractivity contribution in [1.82, 2.24) is 5.32 Å². The van der Waals surface area contributed by atoms with Crippen LogP contribution in [-0.2, 0) is 18.4 Å². The molecule has 0 aromatic carbocycles. The second-order valence-electron chi connectivity index (χ2n) is 16.5. The standard InChI is InChI=1S/C47H87N2O7P/c1-6-8-10-12-14-16-18-20-21-22-23-24-25-26-27-28-30-32-34-36-38-40-46(51)48-44(43-56-57(53,54)55-42-41-49(3,4)5)47(52)45(50)39-37-35-33-31-29-19-17-15-13-11-9-7-2/h8,10,14,16,20-21,23-24,26-27,44-45,47,50,52H,6-7,9,11-13,15,17-19,22,25,28-43H2,1-5H3,(H-,48,51,53,54)/p+1/b10-8-,16-14-,21-20-,24-23-,27-26-. The van der Waals surface area contributed by atoms with Crippen LogP contribution in [0.1, 0.15) is 174 Å². The number of nitrogens with zero attached hydrogens (tertiary/aromatic N) is 1. The number of aliphatic hydroxyl groups excluding tert-OH is 2. The molecule has 0 aromatic rings. The summed E-state index contributed by atoms with van der Waals surface area (Å²) >= 11 is 0. The largest absolute Gasteiger partial charge is 0.472 e. The van der Waals surface area contributed by atoms with Crippen molar-refractivity contribution < 1.29 is 38.0 Å². The number of nitrogens with one attached hydrogen (secondary N) is 1. The van der Waals surface area contributed by atoms with Crippen molar-refractivity contribution in [2.24, 2.45) is 0 Å². The number of hydrogen-bond donors (Lipinski definition) is 4. The van der Waals surface area contributed by atoms with Crippen LogP contribution in [0.15, 0.2) is 60.8 Å². The van der Waals surface area contributed by atoms with Gasteiger partial charge >= 0.3 is 7.82 Å². The number of aliphatic hydroxyl groups is 2. The van der Waals surface area contributed by atoms with Crippen LogP contribution in [0.4, 0.5) is 0 Å². The Morgan fingerprint density at radius 2 is 1.09 bits per heavy atom. The van der Waals surface area contributed by atoms with Crippen molar-refractivity contribution in [2.75, 3.05) is 40.9 Å². The van der Waals surface area contributed by atoms with Crippen molar-refractivity contribution in [3.8, 4) is 0 Å². The van der Waals surface area contributed by atoms with Crippen molar-refractivity contribution in [3.63, 3.8) is 0 Å². The van der Waals surface area contributed by atoms with E-state index >= 15 is 0 Å². The number of amides is 1. The average Bonchev–Trinajstić information content (AvgIpc) is 3.16. The number of carbonyl (C=O) groups is 1. The van der Waals surface area contributed by atoms with Crippen LogP contribution in [0.5, 0.6) is 0 Å². The molecule has 0 rings (SSSR count).